The standard InChI is InChI=1S/C28H24F2N6O3.C2H6/c1-16-3-2-4-21(11-16)35-25-22(12-18(30)13-31-25)27(38)36(28(35)39)20-8-6-19(7-9-20)32-26(37)23-15-34-14-17(29)5-10-24(34)33-23;1-2/h2-5,10-15,19-20H,6-9H2,1H3,(H,32,37);1-2H3. The quantitative estimate of drug-likeness (QED) is 0.343. The Labute approximate surface area is 234 Å². The summed E-state index contributed by atoms with van der Waals surface area (Å²) in [4.78, 5) is 48.3. The normalized spacial score (nSPS) is 16.8. The zero-order valence-electron chi connectivity index (χ0n) is 23.0. The molecule has 9 nitrogen and oxygen atoms in total. The topological polar surface area (TPSA) is 103 Å². The van der Waals surface area contributed by atoms with Crippen molar-refractivity contribution in [1.82, 2.24) is 28.8 Å². The van der Waals surface area contributed by atoms with Crippen LogP contribution in [0.2, 0.25) is 0 Å². The molecule has 11 heteroatoms. The molecular formula is C30H30F2N6O3. The molecule has 0 spiro atoms. The molecule has 0 aliphatic heterocycles. The third-order valence-electron chi connectivity index (χ3n) is 7.20. The maximum atomic E-state index is 14.1. The van der Waals surface area contributed by atoms with E-state index in [-0.39, 0.29) is 28.7 Å². The number of nitrogens with zero attached hydrogens (tertiary/aromatic N) is 5. The largest absolute Gasteiger partial charge is 0.348 e. The SMILES string of the molecule is CC.Cc1cccc(-n2c(=O)n(C3CCC(NC(=O)c4cn5cc(F)ccc5n4)CC3)c(=O)c3cc(F)cnc32)c1. The third-order valence-corrected chi connectivity index (χ3v) is 7.20. The number of rotatable bonds is 4. The van der Waals surface area contributed by atoms with Gasteiger partial charge >= 0.3 is 5.69 Å². The summed E-state index contributed by atoms with van der Waals surface area (Å²) < 4.78 is 31.6. The Morgan fingerprint density at radius 3 is 2.46 bits per heavy atom. The number of nitrogens with one attached hydrogen (secondary N) is 1. The van der Waals surface area contributed by atoms with E-state index in [2.05, 4.69) is 15.3 Å². The molecule has 0 radical (unpaired) electrons. The number of carbonyl (C=O) groups excluding carboxylic acids is 1. The highest BCUT2D eigenvalue weighted by molar-refractivity contribution is 5.93. The van der Waals surface area contributed by atoms with E-state index in [0.29, 0.717) is 37.0 Å². The van der Waals surface area contributed by atoms with Gasteiger partial charge < -0.3 is 9.72 Å². The summed E-state index contributed by atoms with van der Waals surface area (Å²) >= 11 is 0. The lowest BCUT2D eigenvalue weighted by atomic mass is 9.90. The van der Waals surface area contributed by atoms with Gasteiger partial charge in [0.2, 0.25) is 0 Å². The molecule has 0 saturated heterocycles. The van der Waals surface area contributed by atoms with Crippen molar-refractivity contribution in [2.24, 2.45) is 0 Å². The van der Waals surface area contributed by atoms with Gasteiger partial charge in [0.1, 0.15) is 23.0 Å². The van der Waals surface area contributed by atoms with E-state index in [1.807, 2.05) is 26.8 Å². The van der Waals surface area contributed by atoms with Crippen LogP contribution < -0.4 is 16.6 Å². The van der Waals surface area contributed by atoms with Crippen LogP contribution in [0.5, 0.6) is 0 Å². The summed E-state index contributed by atoms with van der Waals surface area (Å²) in [7, 11) is 0. The lowest BCUT2D eigenvalue weighted by Crippen LogP contribution is -2.45. The van der Waals surface area contributed by atoms with Crippen molar-refractivity contribution in [3.05, 3.63) is 105 Å². The lowest BCUT2D eigenvalue weighted by molar-refractivity contribution is 0.0917. The minimum atomic E-state index is -0.665. The molecule has 41 heavy (non-hydrogen) atoms. The van der Waals surface area contributed by atoms with Crippen LogP contribution in [0, 0.1) is 18.6 Å². The van der Waals surface area contributed by atoms with Crippen LogP contribution >= 0.6 is 0 Å². The minimum Gasteiger partial charge on any atom is -0.348 e. The number of halogens is 2. The van der Waals surface area contributed by atoms with E-state index in [4.69, 9.17) is 0 Å². The highest BCUT2D eigenvalue weighted by Crippen LogP contribution is 2.28. The van der Waals surface area contributed by atoms with E-state index in [1.54, 1.807) is 18.2 Å². The molecule has 1 aliphatic rings. The number of fused-ring (bicyclic) bond motifs is 2. The van der Waals surface area contributed by atoms with Crippen molar-refractivity contribution < 1.29 is 13.6 Å². The Balaban J connectivity index is 0.00000165. The average Bonchev–Trinajstić information content (AvgIpc) is 3.39. The highest BCUT2D eigenvalue weighted by atomic mass is 19.1. The Kier molecular flexibility index (Phi) is 7.78. The fourth-order valence-electron chi connectivity index (χ4n) is 5.32. The van der Waals surface area contributed by atoms with Gasteiger partial charge in [0.05, 0.1) is 17.3 Å². The molecule has 0 bridgehead atoms. The Morgan fingerprint density at radius 1 is 0.976 bits per heavy atom. The zero-order chi connectivity index (χ0) is 29.3. The van der Waals surface area contributed by atoms with Crippen molar-refractivity contribution in [3.8, 4) is 5.69 Å². The van der Waals surface area contributed by atoms with Crippen LogP contribution in [0.15, 0.2) is 70.6 Å². The first-order chi connectivity index (χ1) is 19.8. The number of benzene rings is 1. The van der Waals surface area contributed by atoms with Crippen LogP contribution in [-0.4, -0.2) is 35.5 Å². The van der Waals surface area contributed by atoms with Gasteiger partial charge in [-0.1, -0.05) is 26.0 Å². The number of aromatic nitrogens is 5. The van der Waals surface area contributed by atoms with Gasteiger partial charge in [-0.3, -0.25) is 14.2 Å². The molecule has 0 atom stereocenters. The van der Waals surface area contributed by atoms with E-state index in [1.165, 1.54) is 38.1 Å². The molecule has 4 aromatic heterocycles. The Morgan fingerprint density at radius 2 is 1.73 bits per heavy atom. The molecule has 6 rings (SSSR count). The first-order valence-corrected chi connectivity index (χ1v) is 13.6. The molecule has 1 fully saturated rings. The first-order valence-electron chi connectivity index (χ1n) is 13.6. The summed E-state index contributed by atoms with van der Waals surface area (Å²) in [6.07, 6.45) is 5.66. The number of imidazole rings is 1. The molecule has 5 aromatic rings. The van der Waals surface area contributed by atoms with Gasteiger partial charge in [-0.2, -0.15) is 0 Å². The Hall–Kier alpha value is -4.67. The summed E-state index contributed by atoms with van der Waals surface area (Å²) in [6.45, 7) is 5.89. The van der Waals surface area contributed by atoms with Gasteiger partial charge in [0.25, 0.3) is 11.5 Å². The molecule has 212 valence electrons. The number of hydrogen-bond acceptors (Lipinski definition) is 5. The lowest BCUT2D eigenvalue weighted by Gasteiger charge is -2.30. The van der Waals surface area contributed by atoms with Gasteiger partial charge in [0, 0.05) is 24.5 Å². The highest BCUT2D eigenvalue weighted by Gasteiger charge is 2.28. The minimum absolute atomic E-state index is 0.0230. The second-order valence-electron chi connectivity index (χ2n) is 9.87. The fraction of sp³-hybridized carbons (Fsp3) is 0.300. The molecule has 0 unspecified atom stereocenters. The number of hydrogen-bond donors (Lipinski definition) is 1. The van der Waals surface area contributed by atoms with Crippen molar-refractivity contribution in [1.29, 1.82) is 0 Å². The first kappa shape index (κ1) is 27.9. The second kappa shape index (κ2) is 11.4. The van der Waals surface area contributed by atoms with Crippen molar-refractivity contribution in [2.45, 2.75) is 58.5 Å². The predicted molar refractivity (Wildman–Crippen MR) is 152 cm³/mol. The van der Waals surface area contributed by atoms with E-state index >= 15 is 0 Å². The summed E-state index contributed by atoms with van der Waals surface area (Å²) in [5.41, 5.74) is 1.05. The van der Waals surface area contributed by atoms with Crippen LogP contribution in [-0.2, 0) is 0 Å². The Bertz CT molecular complexity index is 1870. The van der Waals surface area contributed by atoms with Crippen LogP contribution in [0.3, 0.4) is 0 Å². The van der Waals surface area contributed by atoms with Crippen molar-refractivity contribution in [2.75, 3.05) is 0 Å². The van der Waals surface area contributed by atoms with E-state index in [9.17, 15) is 23.2 Å². The van der Waals surface area contributed by atoms with Gasteiger partial charge in [-0.15, -0.1) is 0 Å². The van der Waals surface area contributed by atoms with Crippen LogP contribution in [0.25, 0.3) is 22.4 Å². The smallest absolute Gasteiger partial charge is 0.337 e. The monoisotopic (exact) mass is 560 g/mol. The van der Waals surface area contributed by atoms with Gasteiger partial charge in [0.15, 0.2) is 5.65 Å². The summed E-state index contributed by atoms with van der Waals surface area (Å²) in [5, 5.41) is 2.98. The molecular weight excluding hydrogens is 530 g/mol. The number of pyridine rings is 2. The summed E-state index contributed by atoms with van der Waals surface area (Å²) in [5.74, 6) is -1.48. The van der Waals surface area contributed by atoms with Crippen LogP contribution in [0.1, 0.15) is 61.6 Å². The fourth-order valence-corrected chi connectivity index (χ4v) is 5.32. The predicted octanol–water partition coefficient (Wildman–Crippen LogP) is 4.72. The average molecular weight is 561 g/mol. The zero-order valence-corrected chi connectivity index (χ0v) is 23.0. The number of amides is 1. The summed E-state index contributed by atoms with van der Waals surface area (Å²) in [6, 6.07) is 10.5. The number of aryl methyl sites for hydroxylation is 1. The maximum absolute atomic E-state index is 14.1. The van der Waals surface area contributed by atoms with Gasteiger partial charge in [-0.25, -0.2) is 28.1 Å². The second-order valence-corrected chi connectivity index (χ2v) is 9.87. The van der Waals surface area contributed by atoms with Crippen molar-refractivity contribution in [3.63, 3.8) is 0 Å². The molecule has 1 N–H and O–H groups in total. The molecule has 4 heterocycles. The molecule has 1 aliphatic carbocycles. The van der Waals surface area contributed by atoms with E-state index in [0.717, 1.165) is 17.8 Å². The maximum Gasteiger partial charge on any atom is 0.337 e. The molecule has 1 aromatic carbocycles. The molecule has 1 amide bonds. The van der Waals surface area contributed by atoms with E-state index < -0.39 is 28.9 Å². The van der Waals surface area contributed by atoms with Gasteiger partial charge in [-0.05, 0) is 68.5 Å². The van der Waals surface area contributed by atoms with Crippen LogP contribution in [0.4, 0.5) is 8.78 Å². The number of carbonyl (C=O) groups is 1. The molecule has 1 saturated carbocycles. The van der Waals surface area contributed by atoms with Crippen molar-refractivity contribution >= 4 is 22.6 Å². The third kappa shape index (κ3) is 5.39.